The van der Waals surface area contributed by atoms with Gasteiger partial charge in [0.15, 0.2) is 11.6 Å². The van der Waals surface area contributed by atoms with Crippen molar-refractivity contribution in [1.82, 2.24) is 14.4 Å². The van der Waals surface area contributed by atoms with E-state index in [1.54, 1.807) is 36.5 Å². The Balaban J connectivity index is 1.64. The summed E-state index contributed by atoms with van der Waals surface area (Å²) < 4.78 is 21.9. The van der Waals surface area contributed by atoms with Crippen LogP contribution in [0.3, 0.4) is 0 Å². The van der Waals surface area contributed by atoms with Crippen molar-refractivity contribution in [2.45, 2.75) is 43.8 Å². The van der Waals surface area contributed by atoms with E-state index in [1.807, 2.05) is 10.6 Å². The van der Waals surface area contributed by atoms with Crippen LogP contribution >= 0.6 is 0 Å². The lowest BCUT2D eigenvalue weighted by atomic mass is 9.96. The van der Waals surface area contributed by atoms with E-state index in [1.165, 1.54) is 13.2 Å². The molecule has 2 unspecified atom stereocenters. The highest BCUT2D eigenvalue weighted by Crippen LogP contribution is 2.42. The number of hydrogen-bond donors (Lipinski definition) is 1. The smallest absolute Gasteiger partial charge is 0.212 e. The molecule has 2 aliphatic heterocycles. The van der Waals surface area contributed by atoms with Gasteiger partial charge in [0.2, 0.25) is 5.95 Å². The van der Waals surface area contributed by atoms with Crippen LogP contribution in [0.1, 0.15) is 36.8 Å². The number of hydrogen-bond acceptors (Lipinski definition) is 7. The number of piperidine rings is 1. The predicted molar refractivity (Wildman–Crippen MR) is 136 cm³/mol. The molecule has 184 valence electrons. The van der Waals surface area contributed by atoms with Crippen LogP contribution in [-0.4, -0.2) is 39.6 Å². The molecular weight excluding hydrogens is 469 g/mol. The van der Waals surface area contributed by atoms with Crippen molar-refractivity contribution in [1.29, 1.82) is 10.5 Å². The first kappa shape index (κ1) is 23.0. The lowest BCUT2D eigenvalue weighted by Gasteiger charge is -2.39. The summed E-state index contributed by atoms with van der Waals surface area (Å²) in [5, 5.41) is 19.1. The average molecular weight is 494 g/mol. The zero-order valence-corrected chi connectivity index (χ0v) is 20.2. The number of imidazole rings is 1. The van der Waals surface area contributed by atoms with Crippen molar-refractivity contribution in [3.05, 3.63) is 65.7 Å². The number of benzene rings is 2. The number of aromatic nitrogens is 3. The van der Waals surface area contributed by atoms with Gasteiger partial charge in [-0.3, -0.25) is 4.40 Å². The molecule has 2 atom stereocenters. The Kier molecular flexibility index (Phi) is 5.51. The third kappa shape index (κ3) is 3.67. The molecule has 9 heteroatoms. The zero-order chi connectivity index (χ0) is 25.7. The second-order valence-electron chi connectivity index (χ2n) is 9.61. The van der Waals surface area contributed by atoms with Crippen LogP contribution in [0.25, 0.3) is 28.0 Å². The Hall–Kier alpha value is -4.47. The fourth-order valence-electron chi connectivity index (χ4n) is 5.87. The van der Waals surface area contributed by atoms with Crippen LogP contribution in [0, 0.1) is 28.5 Å². The van der Waals surface area contributed by atoms with Crippen LogP contribution in [0.15, 0.2) is 48.8 Å². The number of methoxy groups -OCH3 is 1. The number of ether oxygens (including phenoxy) is 1. The van der Waals surface area contributed by atoms with Crippen LogP contribution in [0.2, 0.25) is 0 Å². The molecule has 0 amide bonds. The SMILES string of the molecule is COc1ccc(-c2c(-c3ccc(C#N)c(C#N)c3)nc(N3C4CCC3CC(N)C4)n3ccnc23)cc1F. The first-order chi connectivity index (χ1) is 18.0. The minimum absolute atomic E-state index is 0.139. The van der Waals surface area contributed by atoms with E-state index in [2.05, 4.69) is 22.0 Å². The fourth-order valence-corrected chi connectivity index (χ4v) is 5.87. The van der Waals surface area contributed by atoms with Gasteiger partial charge in [0, 0.05) is 36.1 Å². The second-order valence-corrected chi connectivity index (χ2v) is 9.61. The Morgan fingerprint density at radius 3 is 2.43 bits per heavy atom. The van der Waals surface area contributed by atoms with Crippen LogP contribution in [0.5, 0.6) is 5.75 Å². The van der Waals surface area contributed by atoms with Crippen molar-refractivity contribution in [3.8, 4) is 40.3 Å². The largest absolute Gasteiger partial charge is 0.494 e. The maximum absolute atomic E-state index is 14.9. The van der Waals surface area contributed by atoms with Gasteiger partial charge >= 0.3 is 0 Å². The van der Waals surface area contributed by atoms with E-state index in [-0.39, 0.29) is 35.0 Å². The molecule has 2 aromatic heterocycles. The molecule has 4 heterocycles. The Morgan fingerprint density at radius 1 is 1.03 bits per heavy atom. The van der Waals surface area contributed by atoms with Crippen LogP contribution in [-0.2, 0) is 0 Å². The summed E-state index contributed by atoms with van der Waals surface area (Å²) >= 11 is 0. The first-order valence-corrected chi connectivity index (χ1v) is 12.2. The molecule has 0 radical (unpaired) electrons. The fraction of sp³-hybridized carbons (Fsp3) is 0.286. The molecule has 8 nitrogen and oxygen atoms in total. The van der Waals surface area contributed by atoms with Crippen molar-refractivity contribution >= 4 is 11.6 Å². The number of fused-ring (bicyclic) bond motifs is 3. The normalized spacial score (nSPS) is 20.6. The van der Waals surface area contributed by atoms with Gasteiger partial charge in [0.25, 0.3) is 0 Å². The van der Waals surface area contributed by atoms with E-state index in [0.717, 1.165) is 31.6 Å². The number of rotatable bonds is 4. The van der Waals surface area contributed by atoms with E-state index >= 15 is 0 Å². The van der Waals surface area contributed by atoms with Gasteiger partial charge in [0.1, 0.15) is 17.8 Å². The van der Waals surface area contributed by atoms with Gasteiger partial charge < -0.3 is 15.4 Å². The summed E-state index contributed by atoms with van der Waals surface area (Å²) in [7, 11) is 1.42. The third-order valence-electron chi connectivity index (χ3n) is 7.50. The minimum atomic E-state index is -0.500. The molecule has 0 spiro atoms. The average Bonchev–Trinajstić information content (AvgIpc) is 3.50. The zero-order valence-electron chi connectivity index (χ0n) is 20.2. The lowest BCUT2D eigenvalue weighted by Crippen LogP contribution is -2.48. The number of nitrogens with zero attached hydrogens (tertiary/aromatic N) is 6. The Morgan fingerprint density at radius 2 is 1.76 bits per heavy atom. The summed E-state index contributed by atoms with van der Waals surface area (Å²) in [5.74, 6) is 0.392. The summed E-state index contributed by atoms with van der Waals surface area (Å²) in [6.45, 7) is 0. The highest BCUT2D eigenvalue weighted by molar-refractivity contribution is 5.91. The van der Waals surface area contributed by atoms with Crippen LogP contribution < -0.4 is 15.4 Å². The van der Waals surface area contributed by atoms with E-state index in [0.29, 0.717) is 28.0 Å². The summed E-state index contributed by atoms with van der Waals surface area (Å²) in [6, 6.07) is 14.7. The van der Waals surface area contributed by atoms with Crippen LogP contribution in [0.4, 0.5) is 10.3 Å². The molecule has 2 aromatic carbocycles. The molecular formula is C28H24FN7O. The number of nitriles is 2. The highest BCUT2D eigenvalue weighted by atomic mass is 19.1. The van der Waals surface area contributed by atoms with Gasteiger partial charge in [0.05, 0.1) is 29.5 Å². The molecule has 2 bridgehead atoms. The van der Waals surface area contributed by atoms with Crippen molar-refractivity contribution in [3.63, 3.8) is 0 Å². The van der Waals surface area contributed by atoms with E-state index in [4.69, 9.17) is 15.5 Å². The summed E-state index contributed by atoms with van der Waals surface area (Å²) in [6.07, 6.45) is 7.47. The summed E-state index contributed by atoms with van der Waals surface area (Å²) in [5.41, 5.74) is 9.92. The summed E-state index contributed by atoms with van der Waals surface area (Å²) in [4.78, 5) is 12.2. The molecule has 2 fully saturated rings. The topological polar surface area (TPSA) is 116 Å². The molecule has 2 saturated heterocycles. The van der Waals surface area contributed by atoms with Gasteiger partial charge in [-0.15, -0.1) is 0 Å². The Labute approximate surface area is 213 Å². The van der Waals surface area contributed by atoms with E-state index < -0.39 is 5.82 Å². The predicted octanol–water partition coefficient (Wildman–Crippen LogP) is 4.41. The lowest BCUT2D eigenvalue weighted by molar-refractivity contribution is 0.386. The molecule has 0 aliphatic carbocycles. The molecule has 37 heavy (non-hydrogen) atoms. The van der Waals surface area contributed by atoms with Gasteiger partial charge in [-0.25, -0.2) is 14.4 Å². The molecule has 2 aliphatic rings. The minimum Gasteiger partial charge on any atom is -0.494 e. The number of halogens is 1. The standard InChI is InChI=1S/C28H24FN7O/c1-37-24-7-4-16(11-23(24)29)25-26(17-2-3-18(14-30)19(10-17)15-31)34-28(35-9-8-33-27(25)35)36-21-5-6-22(36)13-20(32)12-21/h2-4,7-11,20-22H,5-6,12-13,32H2,1H3. The van der Waals surface area contributed by atoms with Gasteiger partial charge in [-0.1, -0.05) is 12.1 Å². The van der Waals surface area contributed by atoms with Crippen molar-refractivity contribution in [2.24, 2.45) is 5.73 Å². The maximum Gasteiger partial charge on any atom is 0.212 e. The number of nitrogens with two attached hydrogens (primary N) is 1. The van der Waals surface area contributed by atoms with E-state index in [9.17, 15) is 14.9 Å². The highest BCUT2D eigenvalue weighted by Gasteiger charge is 2.41. The molecule has 0 saturated carbocycles. The van der Waals surface area contributed by atoms with Gasteiger partial charge in [-0.05, 0) is 55.5 Å². The second kappa shape index (κ2) is 8.88. The van der Waals surface area contributed by atoms with Gasteiger partial charge in [-0.2, -0.15) is 10.5 Å². The molecule has 2 N–H and O–H groups in total. The Bertz CT molecular complexity index is 1600. The third-order valence-corrected chi connectivity index (χ3v) is 7.50. The van der Waals surface area contributed by atoms with Crippen molar-refractivity contribution in [2.75, 3.05) is 12.0 Å². The monoisotopic (exact) mass is 493 g/mol. The maximum atomic E-state index is 14.9. The number of anilines is 1. The quantitative estimate of drug-likeness (QED) is 0.447. The molecule has 4 aromatic rings. The molecule has 6 rings (SSSR count). The first-order valence-electron chi connectivity index (χ1n) is 12.2. The van der Waals surface area contributed by atoms with Crippen molar-refractivity contribution < 1.29 is 9.13 Å².